The van der Waals surface area contributed by atoms with Crippen molar-refractivity contribution in [1.82, 2.24) is 9.80 Å². The molecule has 2 aliphatic rings. The van der Waals surface area contributed by atoms with Gasteiger partial charge in [-0.25, -0.2) is 8.97 Å². The van der Waals surface area contributed by atoms with Crippen LogP contribution in [0, 0.1) is 11.8 Å². The van der Waals surface area contributed by atoms with Crippen LogP contribution in [0.25, 0.3) is 0 Å². The van der Waals surface area contributed by atoms with Gasteiger partial charge in [0.15, 0.2) is 0 Å². The molecule has 4 nitrogen and oxygen atoms in total. The lowest BCUT2D eigenvalue weighted by atomic mass is 10.1. The first kappa shape index (κ1) is 27.1. The summed E-state index contributed by atoms with van der Waals surface area (Å²) in [5, 5.41) is 0. The van der Waals surface area contributed by atoms with Crippen LogP contribution in [0.3, 0.4) is 0 Å². The van der Waals surface area contributed by atoms with Gasteiger partial charge in [0.1, 0.15) is 12.6 Å². The first-order valence-electron chi connectivity index (χ1n) is 13.9. The number of hydrogen-bond acceptors (Lipinski definition) is 2. The number of nitrogens with zero attached hydrogens (tertiary/aromatic N) is 4. The molecule has 0 aromatic carbocycles. The molecule has 0 aromatic rings. The van der Waals surface area contributed by atoms with Crippen molar-refractivity contribution in [3.05, 3.63) is 0 Å². The summed E-state index contributed by atoms with van der Waals surface area (Å²) >= 11 is 0. The second-order valence-electron chi connectivity index (χ2n) is 11.5. The van der Waals surface area contributed by atoms with Gasteiger partial charge in [-0.2, -0.15) is 9.80 Å². The average Bonchev–Trinajstić information content (AvgIpc) is 3.14. The van der Waals surface area contributed by atoms with Crippen LogP contribution < -0.4 is 0 Å². The number of quaternary nitrogens is 2. The summed E-state index contributed by atoms with van der Waals surface area (Å²) in [5.41, 5.74) is 0. The summed E-state index contributed by atoms with van der Waals surface area (Å²) in [6.07, 6.45) is 5.30. The summed E-state index contributed by atoms with van der Waals surface area (Å²) in [6, 6.07) is 1.46. The van der Waals surface area contributed by atoms with Crippen molar-refractivity contribution < 1.29 is 8.97 Å². The maximum Gasteiger partial charge on any atom is 0.357 e. The summed E-state index contributed by atoms with van der Waals surface area (Å²) in [5.74, 6) is 1.50. The fourth-order valence-corrected chi connectivity index (χ4v) is 7.99. The van der Waals surface area contributed by atoms with Crippen molar-refractivity contribution in [3.8, 4) is 0 Å². The van der Waals surface area contributed by atoms with Gasteiger partial charge < -0.3 is 0 Å². The minimum Gasteiger partial charge on any atom is -0.242 e. The predicted octanol–water partition coefficient (Wildman–Crippen LogP) is 5.59. The van der Waals surface area contributed by atoms with E-state index in [0.717, 1.165) is 6.04 Å². The topological polar surface area (TPSA) is 6.48 Å². The molecule has 2 fully saturated rings. The van der Waals surface area contributed by atoms with E-state index in [4.69, 9.17) is 0 Å². The summed E-state index contributed by atoms with van der Waals surface area (Å²) in [4.78, 5) is 6.13. The lowest BCUT2D eigenvalue weighted by Gasteiger charge is -2.59. The van der Waals surface area contributed by atoms with Crippen molar-refractivity contribution in [2.45, 2.75) is 113 Å². The van der Waals surface area contributed by atoms with E-state index in [1.807, 2.05) is 0 Å². The number of rotatable bonds is 12. The minimum atomic E-state index is 0.0984. The Labute approximate surface area is 196 Å². The van der Waals surface area contributed by atoms with Gasteiger partial charge in [-0.1, -0.05) is 54.4 Å². The molecule has 2 rings (SSSR count). The molecule has 31 heavy (non-hydrogen) atoms. The third kappa shape index (κ3) is 4.13. The van der Waals surface area contributed by atoms with Gasteiger partial charge in [-0.05, 0) is 46.0 Å². The van der Waals surface area contributed by atoms with Gasteiger partial charge in [0.2, 0.25) is 0 Å². The molecule has 1 spiro atoms. The summed E-state index contributed by atoms with van der Waals surface area (Å²) in [6.45, 7) is 34.6. The monoisotopic (exact) mass is 438 g/mol. The molecule has 0 radical (unpaired) electrons. The lowest BCUT2D eigenvalue weighted by Crippen LogP contribution is -2.84. The van der Waals surface area contributed by atoms with Gasteiger partial charge >= 0.3 is 5.91 Å². The maximum absolute atomic E-state index is 3.10. The normalized spacial score (nSPS) is 31.0. The molecule has 3 atom stereocenters. The highest BCUT2D eigenvalue weighted by Crippen LogP contribution is 2.54. The molecule has 4 heteroatoms. The van der Waals surface area contributed by atoms with Crippen molar-refractivity contribution in [2.24, 2.45) is 11.8 Å². The second kappa shape index (κ2) is 10.8. The first-order chi connectivity index (χ1) is 14.7. The van der Waals surface area contributed by atoms with E-state index in [2.05, 4.69) is 79.0 Å². The number of likely N-dealkylation sites (N-methyl/N-ethyl adjacent to an activating group) is 2. The van der Waals surface area contributed by atoms with Gasteiger partial charge in [-0.3, -0.25) is 0 Å². The molecular formula is C27H58N4+2. The van der Waals surface area contributed by atoms with Crippen LogP contribution in [-0.4, -0.2) is 89.1 Å². The molecule has 0 bridgehead atoms. The van der Waals surface area contributed by atoms with E-state index >= 15 is 0 Å². The van der Waals surface area contributed by atoms with Crippen LogP contribution >= 0.6 is 0 Å². The molecule has 0 aliphatic carbocycles. The van der Waals surface area contributed by atoms with Crippen LogP contribution in [0.1, 0.15) is 94.9 Å². The maximum atomic E-state index is 3.10. The molecule has 2 heterocycles. The van der Waals surface area contributed by atoms with E-state index < -0.39 is 0 Å². The Morgan fingerprint density at radius 3 is 1.74 bits per heavy atom. The quantitative estimate of drug-likeness (QED) is 0.366. The van der Waals surface area contributed by atoms with Crippen LogP contribution in [-0.2, 0) is 0 Å². The van der Waals surface area contributed by atoms with Crippen LogP contribution in [0.2, 0.25) is 0 Å². The fraction of sp³-hybridized carbons (Fsp3) is 1.00. The lowest BCUT2D eigenvalue weighted by molar-refractivity contribution is -1.18. The van der Waals surface area contributed by atoms with Crippen molar-refractivity contribution in [3.63, 3.8) is 0 Å². The molecule has 2 aliphatic heterocycles. The average molecular weight is 439 g/mol. The Kier molecular flexibility index (Phi) is 9.48. The van der Waals surface area contributed by atoms with Gasteiger partial charge in [0.05, 0.1) is 38.8 Å². The molecular weight excluding hydrogens is 380 g/mol. The van der Waals surface area contributed by atoms with E-state index in [9.17, 15) is 0 Å². The highest BCUT2D eigenvalue weighted by molar-refractivity contribution is 4.96. The highest BCUT2D eigenvalue weighted by atomic mass is 15.9. The zero-order valence-corrected chi connectivity index (χ0v) is 23.1. The Hall–Kier alpha value is -0.160. The standard InChI is InChI=1S/C27H58N4/c1-11-17-25-22-30(13-3,14-4)27(29(25)20-24(9)10)28(19-23(7)8)21-26(18-12-2)31(27,15-5)16-6/h23-26H,11-22H2,1-10H3/q+2. The van der Waals surface area contributed by atoms with Crippen LogP contribution in [0.5, 0.6) is 0 Å². The molecule has 0 aromatic heterocycles. The fourth-order valence-electron chi connectivity index (χ4n) is 7.99. The Morgan fingerprint density at radius 1 is 0.774 bits per heavy atom. The van der Waals surface area contributed by atoms with Crippen molar-refractivity contribution in [1.29, 1.82) is 0 Å². The Bertz CT molecular complexity index is 537. The molecule has 0 saturated carbocycles. The Morgan fingerprint density at radius 2 is 1.32 bits per heavy atom. The Balaban J connectivity index is 2.87. The van der Waals surface area contributed by atoms with Gasteiger partial charge in [-0.15, -0.1) is 0 Å². The zero-order chi connectivity index (χ0) is 23.4. The van der Waals surface area contributed by atoms with Crippen molar-refractivity contribution in [2.75, 3.05) is 52.4 Å². The van der Waals surface area contributed by atoms with E-state index in [1.165, 1.54) is 87.0 Å². The first-order valence-corrected chi connectivity index (χ1v) is 13.9. The van der Waals surface area contributed by atoms with Crippen LogP contribution in [0.15, 0.2) is 0 Å². The van der Waals surface area contributed by atoms with Crippen LogP contribution in [0.4, 0.5) is 0 Å². The third-order valence-corrected chi connectivity index (χ3v) is 8.91. The minimum absolute atomic E-state index is 0.0984. The third-order valence-electron chi connectivity index (χ3n) is 8.91. The van der Waals surface area contributed by atoms with Crippen molar-refractivity contribution >= 4 is 0 Å². The smallest absolute Gasteiger partial charge is 0.242 e. The number of hydrogen-bond donors (Lipinski definition) is 0. The van der Waals surface area contributed by atoms with E-state index in [-0.39, 0.29) is 5.91 Å². The molecule has 3 unspecified atom stereocenters. The van der Waals surface area contributed by atoms with Gasteiger partial charge in [0.25, 0.3) is 0 Å². The molecule has 0 N–H and O–H groups in total. The van der Waals surface area contributed by atoms with Gasteiger partial charge in [0, 0.05) is 19.5 Å². The molecule has 184 valence electrons. The molecule has 2 saturated heterocycles. The summed E-state index contributed by atoms with van der Waals surface area (Å²) < 4.78 is 2.54. The van der Waals surface area contributed by atoms with E-state index in [0.29, 0.717) is 17.9 Å². The zero-order valence-electron chi connectivity index (χ0n) is 23.1. The predicted molar refractivity (Wildman–Crippen MR) is 136 cm³/mol. The highest BCUT2D eigenvalue weighted by Gasteiger charge is 2.80. The summed E-state index contributed by atoms with van der Waals surface area (Å²) in [7, 11) is 0. The largest absolute Gasteiger partial charge is 0.357 e. The SMILES string of the molecule is CCCC1C[N+](CC)(CC)C2(N(CC(C)C)CC(CCC)[N+]2(CC)CC)N1CC(C)C. The van der Waals surface area contributed by atoms with E-state index in [1.54, 1.807) is 0 Å². The molecule has 0 amide bonds. The second-order valence-corrected chi connectivity index (χ2v) is 11.5.